The normalized spacial score (nSPS) is 17.3. The highest BCUT2D eigenvalue weighted by atomic mass is 16.5. The monoisotopic (exact) mass is 300 g/mol. The Balaban J connectivity index is 1.72. The molecule has 1 N–H and O–H groups in total. The van der Waals surface area contributed by atoms with Crippen molar-refractivity contribution in [2.75, 3.05) is 13.2 Å². The largest absolute Gasteiger partial charge is 0.396 e. The molecule has 0 heterocycles. The Morgan fingerprint density at radius 2 is 1.91 bits per heavy atom. The van der Waals surface area contributed by atoms with Gasteiger partial charge in [0.1, 0.15) is 0 Å². The predicted molar refractivity (Wildman–Crippen MR) is 87.9 cm³/mol. The van der Waals surface area contributed by atoms with Crippen LogP contribution in [0.2, 0.25) is 0 Å². The molecule has 1 aliphatic carbocycles. The smallest absolute Gasteiger partial charge is 0.192 e. The van der Waals surface area contributed by atoms with Crippen molar-refractivity contribution in [2.24, 2.45) is 0 Å². The highest BCUT2D eigenvalue weighted by Crippen LogP contribution is 2.18. The maximum atomic E-state index is 12.3. The van der Waals surface area contributed by atoms with Gasteiger partial charge < -0.3 is 9.84 Å². The zero-order chi connectivity index (χ0) is 15.6. The number of hydrogen-bond donors (Lipinski definition) is 1. The van der Waals surface area contributed by atoms with Crippen LogP contribution in [0.1, 0.15) is 42.5 Å². The van der Waals surface area contributed by atoms with Gasteiger partial charge in [0.05, 0.1) is 6.10 Å². The van der Waals surface area contributed by atoms with E-state index in [0.717, 1.165) is 49.8 Å². The summed E-state index contributed by atoms with van der Waals surface area (Å²) in [6.07, 6.45) is 10.7. The SMILES string of the molecule is O=C(C1=CCC(OCCCCCCO)C=C1)c1ccccc1. The van der Waals surface area contributed by atoms with E-state index in [1.807, 2.05) is 48.6 Å². The van der Waals surface area contributed by atoms with E-state index in [2.05, 4.69) is 0 Å². The van der Waals surface area contributed by atoms with Gasteiger partial charge in [-0.15, -0.1) is 0 Å². The molecule has 0 radical (unpaired) electrons. The van der Waals surface area contributed by atoms with Gasteiger partial charge >= 0.3 is 0 Å². The van der Waals surface area contributed by atoms with Crippen LogP contribution in [-0.2, 0) is 4.74 Å². The summed E-state index contributed by atoms with van der Waals surface area (Å²) in [6, 6.07) is 9.34. The Bertz CT molecular complexity index is 517. The van der Waals surface area contributed by atoms with Gasteiger partial charge in [0.25, 0.3) is 0 Å². The van der Waals surface area contributed by atoms with Crippen LogP contribution in [0.5, 0.6) is 0 Å². The summed E-state index contributed by atoms with van der Waals surface area (Å²) in [5.74, 6) is 0.0688. The molecule has 0 bridgehead atoms. The van der Waals surface area contributed by atoms with Gasteiger partial charge in [-0.25, -0.2) is 0 Å². The number of ether oxygens (including phenoxy) is 1. The Morgan fingerprint density at radius 3 is 2.59 bits per heavy atom. The number of benzene rings is 1. The maximum Gasteiger partial charge on any atom is 0.192 e. The minimum Gasteiger partial charge on any atom is -0.396 e. The van der Waals surface area contributed by atoms with Crippen LogP contribution >= 0.6 is 0 Å². The molecule has 1 unspecified atom stereocenters. The molecule has 0 aromatic heterocycles. The molecule has 0 saturated heterocycles. The van der Waals surface area contributed by atoms with Crippen LogP contribution in [-0.4, -0.2) is 30.2 Å². The molecule has 0 spiro atoms. The van der Waals surface area contributed by atoms with Gasteiger partial charge in [-0.05, 0) is 19.3 Å². The first kappa shape index (κ1) is 16.7. The molecule has 3 nitrogen and oxygen atoms in total. The minimum absolute atomic E-state index is 0.0688. The number of aliphatic hydroxyl groups excluding tert-OH is 1. The van der Waals surface area contributed by atoms with E-state index in [9.17, 15) is 4.79 Å². The lowest BCUT2D eigenvalue weighted by molar-refractivity contribution is 0.0822. The van der Waals surface area contributed by atoms with Crippen molar-refractivity contribution in [3.8, 4) is 0 Å². The number of carbonyl (C=O) groups excluding carboxylic acids is 1. The highest BCUT2D eigenvalue weighted by Gasteiger charge is 2.15. The van der Waals surface area contributed by atoms with E-state index >= 15 is 0 Å². The van der Waals surface area contributed by atoms with E-state index < -0.39 is 0 Å². The fourth-order valence-electron chi connectivity index (χ4n) is 2.45. The first-order chi connectivity index (χ1) is 10.8. The molecular formula is C19H24O3. The number of Topliss-reactive ketones (excluding diaryl/α,β-unsaturated/α-hetero) is 1. The predicted octanol–water partition coefficient (Wildman–Crippen LogP) is 3.69. The van der Waals surface area contributed by atoms with Crippen molar-refractivity contribution in [3.63, 3.8) is 0 Å². The number of unbranched alkanes of at least 4 members (excludes halogenated alkanes) is 3. The van der Waals surface area contributed by atoms with Crippen molar-refractivity contribution in [1.82, 2.24) is 0 Å². The van der Waals surface area contributed by atoms with Crippen LogP contribution in [0.4, 0.5) is 0 Å². The third-order valence-electron chi connectivity index (χ3n) is 3.74. The number of aliphatic hydroxyl groups is 1. The van der Waals surface area contributed by atoms with Gasteiger partial charge in [-0.1, -0.05) is 61.4 Å². The van der Waals surface area contributed by atoms with Crippen molar-refractivity contribution in [1.29, 1.82) is 0 Å². The number of hydrogen-bond acceptors (Lipinski definition) is 3. The summed E-state index contributed by atoms with van der Waals surface area (Å²) in [7, 11) is 0. The molecule has 1 aromatic rings. The van der Waals surface area contributed by atoms with E-state index in [-0.39, 0.29) is 18.5 Å². The highest BCUT2D eigenvalue weighted by molar-refractivity contribution is 6.10. The molecular weight excluding hydrogens is 276 g/mol. The van der Waals surface area contributed by atoms with Crippen molar-refractivity contribution < 1.29 is 14.6 Å². The van der Waals surface area contributed by atoms with E-state index in [1.165, 1.54) is 0 Å². The van der Waals surface area contributed by atoms with Gasteiger partial charge in [-0.3, -0.25) is 4.79 Å². The quantitative estimate of drug-likeness (QED) is 0.559. The van der Waals surface area contributed by atoms with Gasteiger partial charge in [0.15, 0.2) is 5.78 Å². The molecule has 0 aliphatic heterocycles. The molecule has 1 aliphatic rings. The third-order valence-corrected chi connectivity index (χ3v) is 3.74. The van der Waals surface area contributed by atoms with Crippen LogP contribution in [0.3, 0.4) is 0 Å². The number of allylic oxidation sites excluding steroid dienone is 2. The Kier molecular flexibility index (Phi) is 7.07. The van der Waals surface area contributed by atoms with Crippen molar-refractivity contribution in [2.45, 2.75) is 38.2 Å². The first-order valence-electron chi connectivity index (χ1n) is 8.02. The lowest BCUT2D eigenvalue weighted by Gasteiger charge is -2.16. The molecule has 1 aromatic carbocycles. The molecule has 118 valence electrons. The van der Waals surface area contributed by atoms with E-state index in [4.69, 9.17) is 9.84 Å². The van der Waals surface area contributed by atoms with Crippen LogP contribution in [0, 0.1) is 0 Å². The minimum atomic E-state index is 0.0688. The lowest BCUT2D eigenvalue weighted by Crippen LogP contribution is -2.14. The second-order valence-corrected chi connectivity index (χ2v) is 5.50. The fourth-order valence-corrected chi connectivity index (χ4v) is 2.45. The molecule has 1 atom stereocenters. The Morgan fingerprint density at radius 1 is 1.14 bits per heavy atom. The second kappa shape index (κ2) is 9.34. The molecule has 22 heavy (non-hydrogen) atoms. The van der Waals surface area contributed by atoms with Crippen molar-refractivity contribution >= 4 is 5.78 Å². The first-order valence-corrected chi connectivity index (χ1v) is 8.02. The van der Waals surface area contributed by atoms with E-state index in [1.54, 1.807) is 0 Å². The summed E-state index contributed by atoms with van der Waals surface area (Å²) in [5, 5.41) is 8.70. The zero-order valence-corrected chi connectivity index (χ0v) is 12.9. The standard InChI is InChI=1S/C19H24O3/c20-14-6-1-2-7-15-22-18-12-10-17(11-13-18)19(21)16-8-4-3-5-9-16/h3-5,8-12,18,20H,1-2,6-7,13-15H2. The molecule has 0 fully saturated rings. The second-order valence-electron chi connectivity index (χ2n) is 5.50. The molecule has 0 saturated carbocycles. The van der Waals surface area contributed by atoms with Gasteiger partial charge in [0, 0.05) is 24.4 Å². The van der Waals surface area contributed by atoms with Crippen LogP contribution in [0.15, 0.2) is 54.1 Å². The molecule has 3 heteroatoms. The van der Waals surface area contributed by atoms with Gasteiger partial charge in [-0.2, -0.15) is 0 Å². The summed E-state index contributed by atoms with van der Waals surface area (Å²) >= 11 is 0. The van der Waals surface area contributed by atoms with E-state index in [0.29, 0.717) is 0 Å². The van der Waals surface area contributed by atoms with Crippen molar-refractivity contribution in [3.05, 3.63) is 59.7 Å². The summed E-state index contributed by atoms with van der Waals surface area (Å²) in [6.45, 7) is 1.01. The summed E-state index contributed by atoms with van der Waals surface area (Å²) in [5.41, 5.74) is 1.47. The summed E-state index contributed by atoms with van der Waals surface area (Å²) < 4.78 is 5.79. The third kappa shape index (κ3) is 5.24. The number of ketones is 1. The lowest BCUT2D eigenvalue weighted by atomic mass is 9.97. The molecule has 2 rings (SSSR count). The Hall–Kier alpha value is -1.71. The zero-order valence-electron chi connectivity index (χ0n) is 12.9. The fraction of sp³-hybridized carbons (Fsp3) is 0.421. The van der Waals surface area contributed by atoms with Crippen LogP contribution < -0.4 is 0 Å². The number of carbonyl (C=O) groups is 1. The summed E-state index contributed by atoms with van der Waals surface area (Å²) in [4.78, 5) is 12.3. The number of rotatable bonds is 9. The van der Waals surface area contributed by atoms with Crippen LogP contribution in [0.25, 0.3) is 0 Å². The topological polar surface area (TPSA) is 46.5 Å². The average Bonchev–Trinajstić information content (AvgIpc) is 2.59. The van der Waals surface area contributed by atoms with Gasteiger partial charge in [0.2, 0.25) is 0 Å². The maximum absolute atomic E-state index is 12.3. The Labute approximate surface area is 132 Å². The molecule has 0 amide bonds. The average molecular weight is 300 g/mol.